The van der Waals surface area contributed by atoms with Crippen LogP contribution in [-0.2, 0) is 14.3 Å². The van der Waals surface area contributed by atoms with Gasteiger partial charge in [-0.05, 0) is 105 Å². The molecule has 6 heteroatoms. The lowest BCUT2D eigenvalue weighted by Crippen LogP contribution is -2.09. The minimum atomic E-state index is -0.494. The van der Waals surface area contributed by atoms with Crippen molar-refractivity contribution in [3.63, 3.8) is 0 Å². The van der Waals surface area contributed by atoms with Crippen molar-refractivity contribution < 1.29 is 28.2 Å². The van der Waals surface area contributed by atoms with Crippen molar-refractivity contribution in [3.05, 3.63) is 95.8 Å². The highest BCUT2D eigenvalue weighted by atomic mass is 19.1. The minimum Gasteiger partial charge on any atom is -0.494 e. The molecule has 0 fully saturated rings. The van der Waals surface area contributed by atoms with E-state index >= 15 is 4.39 Å². The molecule has 0 N–H and O–H groups in total. The van der Waals surface area contributed by atoms with E-state index in [1.54, 1.807) is 38.1 Å². The number of carbonyl (C=O) groups is 2. The van der Waals surface area contributed by atoms with Gasteiger partial charge in [-0.3, -0.25) is 0 Å². The van der Waals surface area contributed by atoms with Crippen LogP contribution >= 0.6 is 0 Å². The summed E-state index contributed by atoms with van der Waals surface area (Å²) in [6, 6.07) is 16.2. The van der Waals surface area contributed by atoms with Gasteiger partial charge in [0.25, 0.3) is 0 Å². The summed E-state index contributed by atoms with van der Waals surface area (Å²) in [5.41, 5.74) is 5.27. The van der Waals surface area contributed by atoms with Gasteiger partial charge in [-0.25, -0.2) is 14.0 Å². The zero-order chi connectivity index (χ0) is 28.5. The Bertz CT molecular complexity index is 1390. The topological polar surface area (TPSA) is 61.8 Å². The SMILES string of the molecule is C=C(C)C(=O)OCCCCCOc1ccc(-c2ccc(-c3ccc(OC(=O)C(=C)C)c(C)c3)c(F)c2)c(C)c1. The molecule has 39 heavy (non-hydrogen) atoms. The second kappa shape index (κ2) is 13.6. The molecule has 3 aromatic carbocycles. The van der Waals surface area contributed by atoms with Crippen molar-refractivity contribution in [1.82, 2.24) is 0 Å². The Balaban J connectivity index is 1.60. The molecule has 0 aliphatic rings. The summed E-state index contributed by atoms with van der Waals surface area (Å²) in [7, 11) is 0. The van der Waals surface area contributed by atoms with Crippen LogP contribution in [0.15, 0.2) is 78.9 Å². The second-order valence-corrected chi connectivity index (χ2v) is 9.65. The molecule has 0 atom stereocenters. The molecule has 0 unspecified atom stereocenters. The van der Waals surface area contributed by atoms with E-state index in [-0.39, 0.29) is 11.8 Å². The van der Waals surface area contributed by atoms with Gasteiger partial charge in [-0.15, -0.1) is 0 Å². The van der Waals surface area contributed by atoms with Gasteiger partial charge in [-0.2, -0.15) is 0 Å². The molecule has 0 spiro atoms. The highest BCUT2D eigenvalue weighted by Gasteiger charge is 2.13. The molecule has 0 bridgehead atoms. The number of halogens is 1. The Labute approximate surface area is 229 Å². The van der Waals surface area contributed by atoms with Crippen LogP contribution < -0.4 is 9.47 Å². The fourth-order valence-corrected chi connectivity index (χ4v) is 3.94. The van der Waals surface area contributed by atoms with Gasteiger partial charge in [0.2, 0.25) is 0 Å². The van der Waals surface area contributed by atoms with E-state index in [0.717, 1.165) is 47.3 Å². The standard InChI is InChI=1S/C33H35FO5/c1-21(2)32(35)38-17-9-7-8-16-37-27-12-14-28(23(5)19-27)26-10-13-29(30(34)20-26)25-11-15-31(24(6)18-25)39-33(36)22(3)4/h10-15,18-20H,1,3,7-9,16-17H2,2,4-6H3. The number of esters is 2. The first-order valence-corrected chi connectivity index (χ1v) is 12.9. The first kappa shape index (κ1) is 29.4. The number of carbonyl (C=O) groups excluding carboxylic acids is 2. The molecule has 204 valence electrons. The predicted octanol–water partition coefficient (Wildman–Crippen LogP) is 7.93. The van der Waals surface area contributed by atoms with Gasteiger partial charge in [0.1, 0.15) is 17.3 Å². The molecule has 0 aromatic heterocycles. The van der Waals surface area contributed by atoms with E-state index < -0.39 is 5.97 Å². The van der Waals surface area contributed by atoms with E-state index in [0.29, 0.717) is 41.2 Å². The lowest BCUT2D eigenvalue weighted by molar-refractivity contribution is -0.139. The van der Waals surface area contributed by atoms with Gasteiger partial charge in [0.15, 0.2) is 0 Å². The summed E-state index contributed by atoms with van der Waals surface area (Å²) < 4.78 is 31.5. The van der Waals surface area contributed by atoms with Crippen molar-refractivity contribution in [2.24, 2.45) is 0 Å². The first-order valence-electron chi connectivity index (χ1n) is 12.9. The van der Waals surface area contributed by atoms with Gasteiger partial charge in [0, 0.05) is 16.7 Å². The molecule has 0 amide bonds. The summed E-state index contributed by atoms with van der Waals surface area (Å²) in [5.74, 6) is -0.0149. The Kier molecular flexibility index (Phi) is 10.2. The van der Waals surface area contributed by atoms with Crippen LogP contribution in [0, 0.1) is 19.7 Å². The largest absolute Gasteiger partial charge is 0.494 e. The molecular formula is C33H35FO5. The molecule has 0 radical (unpaired) electrons. The summed E-state index contributed by atoms with van der Waals surface area (Å²) in [5, 5.41) is 0. The number of unbranched alkanes of at least 4 members (excludes halogenated alkanes) is 2. The third-order valence-corrected chi connectivity index (χ3v) is 6.15. The number of hydrogen-bond acceptors (Lipinski definition) is 5. The normalized spacial score (nSPS) is 10.6. The second-order valence-electron chi connectivity index (χ2n) is 9.65. The van der Waals surface area contributed by atoms with Gasteiger partial charge in [-0.1, -0.05) is 37.4 Å². The zero-order valence-electron chi connectivity index (χ0n) is 23.1. The summed E-state index contributed by atoms with van der Waals surface area (Å²) >= 11 is 0. The van der Waals surface area contributed by atoms with Crippen LogP contribution in [0.2, 0.25) is 0 Å². The number of benzene rings is 3. The molecule has 0 heterocycles. The molecule has 5 nitrogen and oxygen atoms in total. The van der Waals surface area contributed by atoms with Crippen LogP contribution in [-0.4, -0.2) is 25.2 Å². The Morgan fingerprint density at radius 1 is 0.744 bits per heavy atom. The van der Waals surface area contributed by atoms with E-state index in [1.807, 2.05) is 38.1 Å². The Hall–Kier alpha value is -4.19. The lowest BCUT2D eigenvalue weighted by Gasteiger charge is -2.13. The van der Waals surface area contributed by atoms with Crippen molar-refractivity contribution in [2.75, 3.05) is 13.2 Å². The van der Waals surface area contributed by atoms with Gasteiger partial charge in [0.05, 0.1) is 13.2 Å². The third kappa shape index (κ3) is 8.14. The first-order chi connectivity index (χ1) is 18.6. The van der Waals surface area contributed by atoms with Crippen LogP contribution in [0.1, 0.15) is 44.2 Å². The van der Waals surface area contributed by atoms with Crippen LogP contribution in [0.5, 0.6) is 11.5 Å². The molecule has 3 aromatic rings. The number of ether oxygens (including phenoxy) is 3. The molecule has 0 aliphatic carbocycles. The average Bonchev–Trinajstić information content (AvgIpc) is 2.89. The van der Waals surface area contributed by atoms with E-state index in [2.05, 4.69) is 13.2 Å². The lowest BCUT2D eigenvalue weighted by atomic mass is 9.96. The Morgan fingerprint density at radius 2 is 1.38 bits per heavy atom. The van der Waals surface area contributed by atoms with Crippen molar-refractivity contribution in [1.29, 1.82) is 0 Å². The molecular weight excluding hydrogens is 495 g/mol. The maximum atomic E-state index is 15.2. The predicted molar refractivity (Wildman–Crippen MR) is 152 cm³/mol. The highest BCUT2D eigenvalue weighted by molar-refractivity contribution is 5.89. The summed E-state index contributed by atoms with van der Waals surface area (Å²) in [6.07, 6.45) is 2.50. The Morgan fingerprint density at radius 3 is 2.03 bits per heavy atom. The maximum Gasteiger partial charge on any atom is 0.338 e. The highest BCUT2D eigenvalue weighted by Crippen LogP contribution is 2.33. The monoisotopic (exact) mass is 530 g/mol. The third-order valence-electron chi connectivity index (χ3n) is 6.15. The fraction of sp³-hybridized carbons (Fsp3) is 0.273. The summed E-state index contributed by atoms with van der Waals surface area (Å²) in [6.45, 7) is 15.1. The van der Waals surface area contributed by atoms with Crippen molar-refractivity contribution >= 4 is 11.9 Å². The van der Waals surface area contributed by atoms with E-state index in [4.69, 9.17) is 14.2 Å². The number of rotatable bonds is 12. The zero-order valence-corrected chi connectivity index (χ0v) is 23.1. The summed E-state index contributed by atoms with van der Waals surface area (Å²) in [4.78, 5) is 23.2. The van der Waals surface area contributed by atoms with Crippen LogP contribution in [0.25, 0.3) is 22.3 Å². The van der Waals surface area contributed by atoms with E-state index in [1.165, 1.54) is 6.07 Å². The number of aryl methyl sites for hydroxylation is 2. The molecule has 0 aliphatic heterocycles. The quantitative estimate of drug-likeness (QED) is 0.103. The van der Waals surface area contributed by atoms with Gasteiger partial charge < -0.3 is 14.2 Å². The number of hydrogen-bond donors (Lipinski definition) is 0. The molecule has 0 saturated heterocycles. The van der Waals surface area contributed by atoms with Crippen LogP contribution in [0.4, 0.5) is 4.39 Å². The average molecular weight is 531 g/mol. The smallest absolute Gasteiger partial charge is 0.338 e. The molecule has 3 rings (SSSR count). The van der Waals surface area contributed by atoms with Gasteiger partial charge >= 0.3 is 11.9 Å². The van der Waals surface area contributed by atoms with Crippen molar-refractivity contribution in [2.45, 2.75) is 47.0 Å². The van der Waals surface area contributed by atoms with E-state index in [9.17, 15) is 9.59 Å². The van der Waals surface area contributed by atoms with Crippen molar-refractivity contribution in [3.8, 4) is 33.8 Å². The fourth-order valence-electron chi connectivity index (χ4n) is 3.94. The molecule has 0 saturated carbocycles. The maximum absolute atomic E-state index is 15.2. The van der Waals surface area contributed by atoms with Crippen LogP contribution in [0.3, 0.4) is 0 Å². The minimum absolute atomic E-state index is 0.311.